The van der Waals surface area contributed by atoms with Crippen molar-refractivity contribution in [1.29, 1.82) is 0 Å². The van der Waals surface area contributed by atoms with Gasteiger partial charge in [-0.2, -0.15) is 0 Å². The standard InChI is InChI=1S/C27H36ClN3O6S/c1-5-19(4)29-27(33)23(6-2)30(17-20-10-8-9-11-22(20)28)26(32)18-31(38(34,35)7-3)21-12-13-24-25(16-21)37-15-14-36-24/h8-13,16,19,23H,5-7,14-15,17-18H2,1-4H3,(H,29,33). The number of amides is 2. The molecular weight excluding hydrogens is 530 g/mol. The van der Waals surface area contributed by atoms with Crippen LogP contribution in [0.1, 0.15) is 46.1 Å². The molecule has 2 amide bonds. The minimum absolute atomic E-state index is 0.0477. The lowest BCUT2D eigenvalue weighted by Crippen LogP contribution is -2.53. The Kier molecular flexibility index (Phi) is 10.3. The van der Waals surface area contributed by atoms with Crippen molar-refractivity contribution in [2.75, 3.05) is 29.8 Å². The van der Waals surface area contributed by atoms with Gasteiger partial charge in [-0.25, -0.2) is 8.42 Å². The summed E-state index contributed by atoms with van der Waals surface area (Å²) in [6, 6.07) is 10.9. The van der Waals surface area contributed by atoms with E-state index in [1.54, 1.807) is 42.5 Å². The molecule has 0 saturated carbocycles. The van der Waals surface area contributed by atoms with Gasteiger partial charge in [0.05, 0.1) is 11.4 Å². The van der Waals surface area contributed by atoms with Crippen LogP contribution >= 0.6 is 11.6 Å². The Balaban J connectivity index is 1.99. The average Bonchev–Trinajstić information content (AvgIpc) is 2.92. The summed E-state index contributed by atoms with van der Waals surface area (Å²) in [6.45, 7) is 7.47. The van der Waals surface area contributed by atoms with Crippen molar-refractivity contribution in [2.24, 2.45) is 0 Å². The zero-order valence-electron chi connectivity index (χ0n) is 22.3. The highest BCUT2D eigenvalue weighted by atomic mass is 35.5. The third-order valence-electron chi connectivity index (χ3n) is 6.48. The lowest BCUT2D eigenvalue weighted by Gasteiger charge is -2.34. The van der Waals surface area contributed by atoms with Crippen LogP contribution in [0.25, 0.3) is 0 Å². The first-order chi connectivity index (χ1) is 18.1. The molecule has 3 rings (SSSR count). The molecule has 2 unspecified atom stereocenters. The Labute approximate surface area is 230 Å². The molecule has 1 N–H and O–H groups in total. The number of sulfonamides is 1. The zero-order valence-corrected chi connectivity index (χ0v) is 23.8. The van der Waals surface area contributed by atoms with Gasteiger partial charge in [-0.15, -0.1) is 0 Å². The summed E-state index contributed by atoms with van der Waals surface area (Å²) >= 11 is 6.40. The number of fused-ring (bicyclic) bond motifs is 1. The number of halogens is 1. The molecule has 0 bridgehead atoms. The van der Waals surface area contributed by atoms with E-state index >= 15 is 0 Å². The fourth-order valence-electron chi connectivity index (χ4n) is 4.08. The number of nitrogens with zero attached hydrogens (tertiary/aromatic N) is 2. The predicted octanol–water partition coefficient (Wildman–Crippen LogP) is 3.99. The van der Waals surface area contributed by atoms with Crippen molar-refractivity contribution < 1.29 is 27.5 Å². The lowest BCUT2D eigenvalue weighted by atomic mass is 10.1. The van der Waals surface area contributed by atoms with Crippen LogP contribution in [0.2, 0.25) is 5.02 Å². The fraction of sp³-hybridized carbons (Fsp3) is 0.481. The lowest BCUT2D eigenvalue weighted by molar-refractivity contribution is -0.140. The maximum absolute atomic E-state index is 13.9. The van der Waals surface area contributed by atoms with Crippen molar-refractivity contribution in [3.05, 3.63) is 53.1 Å². The van der Waals surface area contributed by atoms with Crippen LogP contribution in [-0.4, -0.2) is 62.7 Å². The summed E-state index contributed by atoms with van der Waals surface area (Å²) in [5.41, 5.74) is 0.931. The number of nitrogens with one attached hydrogen (secondary N) is 1. The number of carbonyl (C=O) groups excluding carboxylic acids is 2. The summed E-state index contributed by atoms with van der Waals surface area (Å²) in [4.78, 5) is 28.5. The van der Waals surface area contributed by atoms with Gasteiger partial charge in [0.2, 0.25) is 21.8 Å². The molecule has 0 saturated heterocycles. The van der Waals surface area contributed by atoms with Gasteiger partial charge >= 0.3 is 0 Å². The largest absolute Gasteiger partial charge is 0.486 e. The summed E-state index contributed by atoms with van der Waals surface area (Å²) in [5, 5.41) is 3.40. The van der Waals surface area contributed by atoms with Crippen molar-refractivity contribution in [3.63, 3.8) is 0 Å². The minimum Gasteiger partial charge on any atom is -0.486 e. The van der Waals surface area contributed by atoms with Crippen LogP contribution in [0.3, 0.4) is 0 Å². The van der Waals surface area contributed by atoms with E-state index in [1.165, 1.54) is 11.8 Å². The third-order valence-corrected chi connectivity index (χ3v) is 8.59. The Morgan fingerprint density at radius 1 is 1.03 bits per heavy atom. The van der Waals surface area contributed by atoms with Gasteiger partial charge in [-0.1, -0.05) is 43.6 Å². The Morgan fingerprint density at radius 2 is 1.71 bits per heavy atom. The van der Waals surface area contributed by atoms with Gasteiger partial charge in [0.15, 0.2) is 11.5 Å². The Bertz CT molecular complexity index is 1240. The van der Waals surface area contributed by atoms with Gasteiger partial charge in [-0.05, 0) is 50.5 Å². The maximum Gasteiger partial charge on any atom is 0.244 e. The predicted molar refractivity (Wildman–Crippen MR) is 148 cm³/mol. The van der Waals surface area contributed by atoms with Crippen LogP contribution in [0.4, 0.5) is 5.69 Å². The SMILES string of the molecule is CCC(C)NC(=O)C(CC)N(Cc1ccccc1Cl)C(=O)CN(c1ccc2c(c1)OCCO2)S(=O)(=O)CC. The topological polar surface area (TPSA) is 105 Å². The first-order valence-corrected chi connectivity index (χ1v) is 14.8. The van der Waals surface area contributed by atoms with Crippen LogP contribution < -0.4 is 19.1 Å². The Morgan fingerprint density at radius 3 is 2.34 bits per heavy atom. The molecule has 2 atom stereocenters. The molecular formula is C27H36ClN3O6S. The second-order valence-corrected chi connectivity index (χ2v) is 11.7. The number of rotatable bonds is 12. The van der Waals surface area contributed by atoms with E-state index in [-0.39, 0.29) is 29.9 Å². The highest BCUT2D eigenvalue weighted by Crippen LogP contribution is 2.35. The molecule has 1 aliphatic heterocycles. The van der Waals surface area contributed by atoms with E-state index in [2.05, 4.69) is 5.32 Å². The summed E-state index contributed by atoms with van der Waals surface area (Å²) in [7, 11) is -3.86. The molecule has 0 aliphatic carbocycles. The van der Waals surface area contributed by atoms with Gasteiger partial charge in [0.1, 0.15) is 25.8 Å². The number of hydrogen-bond donors (Lipinski definition) is 1. The van der Waals surface area contributed by atoms with Gasteiger partial charge < -0.3 is 19.7 Å². The van der Waals surface area contributed by atoms with Gasteiger partial charge in [0, 0.05) is 23.7 Å². The van der Waals surface area contributed by atoms with E-state index in [4.69, 9.17) is 21.1 Å². The zero-order chi connectivity index (χ0) is 27.9. The average molecular weight is 566 g/mol. The molecule has 1 aliphatic rings. The van der Waals surface area contributed by atoms with E-state index in [0.717, 1.165) is 10.7 Å². The number of ether oxygens (including phenoxy) is 2. The number of hydrogen-bond acceptors (Lipinski definition) is 6. The molecule has 2 aromatic rings. The van der Waals surface area contributed by atoms with Crippen LogP contribution in [-0.2, 0) is 26.2 Å². The molecule has 2 aromatic carbocycles. The molecule has 0 radical (unpaired) electrons. The van der Waals surface area contributed by atoms with Crippen LogP contribution in [0, 0.1) is 0 Å². The van der Waals surface area contributed by atoms with Crippen molar-refractivity contribution in [3.8, 4) is 11.5 Å². The minimum atomic E-state index is -3.86. The molecule has 9 nitrogen and oxygen atoms in total. The van der Waals surface area contributed by atoms with E-state index < -0.39 is 28.5 Å². The van der Waals surface area contributed by atoms with E-state index in [1.807, 2.05) is 20.8 Å². The highest BCUT2D eigenvalue weighted by Gasteiger charge is 2.33. The molecule has 208 valence electrons. The van der Waals surface area contributed by atoms with Crippen LogP contribution in [0.5, 0.6) is 11.5 Å². The first-order valence-electron chi connectivity index (χ1n) is 12.8. The number of carbonyl (C=O) groups is 2. The number of benzene rings is 2. The number of anilines is 1. The Hall–Kier alpha value is -2.98. The molecule has 0 aromatic heterocycles. The van der Waals surface area contributed by atoms with E-state index in [9.17, 15) is 18.0 Å². The summed E-state index contributed by atoms with van der Waals surface area (Å²) < 4.78 is 38.6. The van der Waals surface area contributed by atoms with E-state index in [0.29, 0.717) is 41.7 Å². The fourth-order valence-corrected chi connectivity index (χ4v) is 5.33. The van der Waals surface area contributed by atoms with Crippen molar-refractivity contribution in [2.45, 2.75) is 59.2 Å². The van der Waals surface area contributed by atoms with Crippen molar-refractivity contribution in [1.82, 2.24) is 10.2 Å². The first kappa shape index (κ1) is 29.6. The monoisotopic (exact) mass is 565 g/mol. The third kappa shape index (κ3) is 7.11. The smallest absolute Gasteiger partial charge is 0.244 e. The molecule has 0 fully saturated rings. The van der Waals surface area contributed by atoms with Gasteiger partial charge in [0.25, 0.3) is 0 Å². The van der Waals surface area contributed by atoms with Crippen LogP contribution in [0.15, 0.2) is 42.5 Å². The molecule has 38 heavy (non-hydrogen) atoms. The van der Waals surface area contributed by atoms with Gasteiger partial charge in [-0.3, -0.25) is 13.9 Å². The normalized spacial score (nSPS) is 14.3. The second kappa shape index (κ2) is 13.2. The van der Waals surface area contributed by atoms with Crippen molar-refractivity contribution >= 4 is 39.1 Å². The molecule has 11 heteroatoms. The molecule has 1 heterocycles. The summed E-state index contributed by atoms with van der Waals surface area (Å²) in [5.74, 6) is -0.127. The maximum atomic E-state index is 13.9. The second-order valence-electron chi connectivity index (χ2n) is 9.09. The summed E-state index contributed by atoms with van der Waals surface area (Å²) in [6.07, 6.45) is 1.07. The highest BCUT2D eigenvalue weighted by molar-refractivity contribution is 7.92. The molecule has 0 spiro atoms. The quantitative estimate of drug-likeness (QED) is 0.417.